The van der Waals surface area contributed by atoms with Gasteiger partial charge >= 0.3 is 6.18 Å². The Morgan fingerprint density at radius 1 is 1.15 bits per heavy atom. The molecule has 0 aliphatic heterocycles. The van der Waals surface area contributed by atoms with Gasteiger partial charge in [0.15, 0.2) is 4.34 Å². The van der Waals surface area contributed by atoms with E-state index in [9.17, 15) is 18.0 Å². The molecule has 0 aliphatic carbocycles. The summed E-state index contributed by atoms with van der Waals surface area (Å²) in [7, 11) is 0. The number of aryl methyl sites for hydroxylation is 1. The molecule has 1 heterocycles. The lowest BCUT2D eigenvalue weighted by atomic mass is 10.1. The quantitative estimate of drug-likeness (QED) is 0.452. The largest absolute Gasteiger partial charge is 0.416 e. The Morgan fingerprint density at radius 3 is 2.59 bits per heavy atom. The highest BCUT2D eigenvalue weighted by Gasteiger charge is 2.30. The minimum Gasteiger partial charge on any atom is -0.296 e. The Balaban J connectivity index is 1.62. The van der Waals surface area contributed by atoms with Crippen molar-refractivity contribution in [3.05, 3.63) is 70.8 Å². The van der Waals surface area contributed by atoms with Gasteiger partial charge in [-0.3, -0.25) is 10.1 Å². The summed E-state index contributed by atoms with van der Waals surface area (Å²) < 4.78 is 38.9. The van der Waals surface area contributed by atoms with Gasteiger partial charge in [-0.25, -0.2) is 0 Å². The maximum atomic E-state index is 12.8. The van der Waals surface area contributed by atoms with Crippen LogP contribution in [-0.4, -0.2) is 16.1 Å². The summed E-state index contributed by atoms with van der Waals surface area (Å²) in [4.78, 5) is 12.2. The molecule has 0 radical (unpaired) electrons. The highest BCUT2D eigenvalue weighted by molar-refractivity contribution is 8.00. The van der Waals surface area contributed by atoms with Crippen molar-refractivity contribution in [3.63, 3.8) is 0 Å². The lowest BCUT2D eigenvalue weighted by Gasteiger charge is -2.08. The molecule has 3 rings (SSSR count). The van der Waals surface area contributed by atoms with E-state index >= 15 is 0 Å². The number of hydrogen-bond donors (Lipinski definition) is 1. The SMILES string of the molecule is Cc1ccc(CSc2nnc(NC(=O)c3cccc(C(F)(F)F)c3)s2)cc1. The number of benzene rings is 2. The number of thioether (sulfide) groups is 1. The maximum absolute atomic E-state index is 12.8. The minimum atomic E-state index is -4.50. The van der Waals surface area contributed by atoms with Crippen molar-refractivity contribution in [2.45, 2.75) is 23.2 Å². The Kier molecular flexibility index (Phi) is 5.81. The fraction of sp³-hybridized carbons (Fsp3) is 0.167. The average molecular weight is 409 g/mol. The molecule has 0 fully saturated rings. The van der Waals surface area contributed by atoms with Gasteiger partial charge < -0.3 is 0 Å². The molecule has 4 nitrogen and oxygen atoms in total. The molecule has 3 aromatic rings. The minimum absolute atomic E-state index is 0.0890. The van der Waals surface area contributed by atoms with Crippen LogP contribution in [0.15, 0.2) is 52.9 Å². The molecular weight excluding hydrogens is 395 g/mol. The fourth-order valence-corrected chi connectivity index (χ4v) is 3.86. The number of amides is 1. The molecule has 1 amide bonds. The third-order valence-electron chi connectivity index (χ3n) is 3.56. The Hall–Kier alpha value is -2.39. The molecule has 0 saturated heterocycles. The summed E-state index contributed by atoms with van der Waals surface area (Å²) in [6.07, 6.45) is -4.50. The zero-order valence-electron chi connectivity index (χ0n) is 14.1. The van der Waals surface area contributed by atoms with Crippen molar-refractivity contribution in [1.82, 2.24) is 10.2 Å². The predicted octanol–water partition coefficient (Wildman–Crippen LogP) is 5.41. The first-order chi connectivity index (χ1) is 12.8. The predicted molar refractivity (Wildman–Crippen MR) is 100 cm³/mol. The first kappa shape index (κ1) is 19.4. The molecule has 0 spiro atoms. The second kappa shape index (κ2) is 8.10. The van der Waals surface area contributed by atoms with E-state index in [1.807, 2.05) is 31.2 Å². The van der Waals surface area contributed by atoms with Crippen LogP contribution in [-0.2, 0) is 11.9 Å². The number of halogens is 3. The van der Waals surface area contributed by atoms with E-state index in [2.05, 4.69) is 15.5 Å². The zero-order chi connectivity index (χ0) is 19.4. The molecule has 9 heteroatoms. The number of anilines is 1. The van der Waals surface area contributed by atoms with Crippen LogP contribution < -0.4 is 5.32 Å². The van der Waals surface area contributed by atoms with Gasteiger partial charge in [0.05, 0.1) is 5.56 Å². The van der Waals surface area contributed by atoms with E-state index in [0.717, 1.165) is 17.7 Å². The first-order valence-electron chi connectivity index (χ1n) is 7.82. The smallest absolute Gasteiger partial charge is 0.296 e. The Labute approximate surface area is 161 Å². The molecular formula is C18H14F3N3OS2. The Bertz CT molecular complexity index is 940. The molecule has 0 saturated carbocycles. The van der Waals surface area contributed by atoms with Crippen molar-refractivity contribution in [2.24, 2.45) is 0 Å². The summed E-state index contributed by atoms with van der Waals surface area (Å²) >= 11 is 2.65. The highest BCUT2D eigenvalue weighted by Crippen LogP contribution is 2.31. The van der Waals surface area contributed by atoms with Crippen LogP contribution in [0.25, 0.3) is 0 Å². The van der Waals surface area contributed by atoms with Gasteiger partial charge in [0, 0.05) is 11.3 Å². The highest BCUT2D eigenvalue weighted by atomic mass is 32.2. The second-order valence-electron chi connectivity index (χ2n) is 5.68. The zero-order valence-corrected chi connectivity index (χ0v) is 15.7. The van der Waals surface area contributed by atoms with E-state index in [-0.39, 0.29) is 10.7 Å². The van der Waals surface area contributed by atoms with Crippen molar-refractivity contribution in [1.29, 1.82) is 0 Å². The second-order valence-corrected chi connectivity index (χ2v) is 7.88. The lowest BCUT2D eigenvalue weighted by Crippen LogP contribution is -2.13. The van der Waals surface area contributed by atoms with Crippen molar-refractivity contribution >= 4 is 34.1 Å². The molecule has 27 heavy (non-hydrogen) atoms. The molecule has 0 aliphatic rings. The Morgan fingerprint density at radius 2 is 1.89 bits per heavy atom. The molecule has 1 N–H and O–H groups in total. The average Bonchev–Trinajstić information content (AvgIpc) is 3.08. The molecule has 2 aromatic carbocycles. The summed E-state index contributed by atoms with van der Waals surface area (Å²) in [6.45, 7) is 2.01. The number of hydrogen-bond acceptors (Lipinski definition) is 5. The van der Waals surface area contributed by atoms with Crippen LogP contribution in [0.5, 0.6) is 0 Å². The van der Waals surface area contributed by atoms with Gasteiger partial charge in [-0.2, -0.15) is 13.2 Å². The topological polar surface area (TPSA) is 54.9 Å². The first-order valence-corrected chi connectivity index (χ1v) is 9.62. The molecule has 140 valence electrons. The third kappa shape index (κ3) is 5.30. The summed E-state index contributed by atoms with van der Waals surface area (Å²) in [6, 6.07) is 12.3. The van der Waals surface area contributed by atoms with Gasteiger partial charge in [-0.1, -0.05) is 59.0 Å². The van der Waals surface area contributed by atoms with E-state index in [4.69, 9.17) is 0 Å². The van der Waals surface area contributed by atoms with E-state index in [1.165, 1.54) is 40.8 Å². The van der Waals surface area contributed by atoms with Gasteiger partial charge in [0.1, 0.15) is 0 Å². The number of carbonyl (C=O) groups excluding carboxylic acids is 1. The third-order valence-corrected chi connectivity index (χ3v) is 5.61. The van der Waals surface area contributed by atoms with Crippen LogP contribution >= 0.6 is 23.1 Å². The number of alkyl halides is 3. The fourth-order valence-electron chi connectivity index (χ4n) is 2.15. The van der Waals surface area contributed by atoms with Crippen molar-refractivity contribution in [3.8, 4) is 0 Å². The van der Waals surface area contributed by atoms with Crippen LogP contribution in [0.2, 0.25) is 0 Å². The van der Waals surface area contributed by atoms with Crippen molar-refractivity contribution in [2.75, 3.05) is 5.32 Å². The summed E-state index contributed by atoms with van der Waals surface area (Å²) in [5.74, 6) is 0.0450. The number of nitrogens with zero attached hydrogens (tertiary/aromatic N) is 2. The van der Waals surface area contributed by atoms with Gasteiger partial charge in [-0.15, -0.1) is 10.2 Å². The number of nitrogens with one attached hydrogen (secondary N) is 1. The van der Waals surface area contributed by atoms with Gasteiger partial charge in [0.2, 0.25) is 5.13 Å². The summed E-state index contributed by atoms with van der Waals surface area (Å²) in [5, 5.41) is 10.6. The normalized spacial score (nSPS) is 11.4. The standard InChI is InChI=1S/C18H14F3N3OS2/c1-11-5-7-12(8-6-11)10-26-17-24-23-16(27-17)22-15(25)13-3-2-4-14(9-13)18(19,20)21/h2-9H,10H2,1H3,(H,22,23,25). The summed E-state index contributed by atoms with van der Waals surface area (Å²) in [5.41, 5.74) is 1.35. The van der Waals surface area contributed by atoms with E-state index in [0.29, 0.717) is 10.1 Å². The molecule has 0 bridgehead atoms. The van der Waals surface area contributed by atoms with Crippen LogP contribution in [0.1, 0.15) is 27.0 Å². The molecule has 0 unspecified atom stereocenters. The number of carbonyl (C=O) groups is 1. The number of aromatic nitrogens is 2. The van der Waals surface area contributed by atoms with Gasteiger partial charge in [-0.05, 0) is 30.7 Å². The molecule has 0 atom stereocenters. The number of rotatable bonds is 5. The molecule has 1 aromatic heterocycles. The van der Waals surface area contributed by atoms with Crippen LogP contribution in [0.3, 0.4) is 0 Å². The van der Waals surface area contributed by atoms with Gasteiger partial charge in [0.25, 0.3) is 5.91 Å². The van der Waals surface area contributed by atoms with Crippen molar-refractivity contribution < 1.29 is 18.0 Å². The maximum Gasteiger partial charge on any atom is 0.416 e. The van der Waals surface area contributed by atoms with Crippen LogP contribution in [0, 0.1) is 6.92 Å². The van der Waals surface area contributed by atoms with E-state index < -0.39 is 17.6 Å². The lowest BCUT2D eigenvalue weighted by molar-refractivity contribution is -0.137. The van der Waals surface area contributed by atoms with Crippen LogP contribution in [0.4, 0.5) is 18.3 Å². The monoisotopic (exact) mass is 409 g/mol. The van der Waals surface area contributed by atoms with E-state index in [1.54, 1.807) is 0 Å².